The van der Waals surface area contributed by atoms with Crippen molar-refractivity contribution in [2.75, 3.05) is 5.75 Å². The first-order chi connectivity index (χ1) is 10.7. The van der Waals surface area contributed by atoms with Crippen molar-refractivity contribution in [2.45, 2.75) is 52.3 Å². The Bertz CT molecular complexity index is 777. The van der Waals surface area contributed by atoms with Crippen LogP contribution in [0.25, 0.3) is 10.2 Å². The molecule has 1 amide bonds. The van der Waals surface area contributed by atoms with Crippen LogP contribution in [0.5, 0.6) is 0 Å². The quantitative estimate of drug-likeness (QED) is 0.836. The molecule has 2 N–H and O–H groups in total. The van der Waals surface area contributed by atoms with E-state index in [0.29, 0.717) is 22.7 Å². The number of nitrogens with zero attached hydrogens (tertiary/aromatic N) is 1. The molecule has 0 atom stereocenters. The van der Waals surface area contributed by atoms with E-state index in [1.165, 1.54) is 23.1 Å². The number of rotatable bonds is 6. The van der Waals surface area contributed by atoms with Gasteiger partial charge in [-0.15, -0.1) is 23.1 Å². The number of carbonyl (C=O) groups is 1. The van der Waals surface area contributed by atoms with Crippen molar-refractivity contribution in [3.63, 3.8) is 0 Å². The normalized spacial score (nSPS) is 11.9. The molecule has 2 heterocycles. The number of aromatic amines is 1. The highest BCUT2D eigenvalue weighted by Crippen LogP contribution is 2.26. The van der Waals surface area contributed by atoms with Gasteiger partial charge in [-0.3, -0.25) is 9.59 Å². The summed E-state index contributed by atoms with van der Waals surface area (Å²) in [7, 11) is 0. The van der Waals surface area contributed by atoms with Crippen LogP contribution in [0.15, 0.2) is 4.79 Å². The van der Waals surface area contributed by atoms with E-state index in [4.69, 9.17) is 0 Å². The van der Waals surface area contributed by atoms with Gasteiger partial charge in [0.2, 0.25) is 5.91 Å². The third-order valence-corrected chi connectivity index (χ3v) is 5.97. The van der Waals surface area contributed by atoms with E-state index < -0.39 is 0 Å². The maximum Gasteiger partial charge on any atom is 0.259 e. The highest BCUT2D eigenvalue weighted by atomic mass is 32.2. The molecule has 0 aliphatic rings. The molecule has 0 saturated heterocycles. The van der Waals surface area contributed by atoms with Crippen molar-refractivity contribution >= 4 is 39.2 Å². The lowest BCUT2D eigenvalue weighted by atomic mass is 10.0. The molecule has 0 fully saturated rings. The van der Waals surface area contributed by atoms with E-state index in [-0.39, 0.29) is 17.0 Å². The number of amides is 1. The smallest absolute Gasteiger partial charge is 0.259 e. The lowest BCUT2D eigenvalue weighted by molar-refractivity contribution is -0.120. The van der Waals surface area contributed by atoms with E-state index in [1.807, 2.05) is 34.6 Å². The molecule has 126 valence electrons. The fourth-order valence-corrected chi connectivity index (χ4v) is 3.85. The van der Waals surface area contributed by atoms with E-state index in [0.717, 1.165) is 21.7 Å². The molecule has 0 spiro atoms. The second-order valence-electron chi connectivity index (χ2n) is 6.25. The predicted octanol–water partition coefficient (Wildman–Crippen LogP) is 3.14. The van der Waals surface area contributed by atoms with Gasteiger partial charge in [-0.05, 0) is 39.7 Å². The maximum absolute atomic E-state index is 12.2. The first kappa shape index (κ1) is 18.0. The van der Waals surface area contributed by atoms with Crippen molar-refractivity contribution in [1.29, 1.82) is 0 Å². The molecule has 0 aliphatic heterocycles. The maximum atomic E-state index is 12.2. The Labute approximate surface area is 144 Å². The fourth-order valence-electron chi connectivity index (χ4n) is 2.11. The van der Waals surface area contributed by atoms with E-state index in [1.54, 1.807) is 0 Å². The molecular weight excluding hydrogens is 330 g/mol. The Kier molecular flexibility index (Phi) is 5.52. The molecule has 0 bridgehead atoms. The summed E-state index contributed by atoms with van der Waals surface area (Å²) < 4.78 is 0. The molecule has 2 rings (SSSR count). The minimum absolute atomic E-state index is 0.00749. The van der Waals surface area contributed by atoms with Gasteiger partial charge in [-0.2, -0.15) is 0 Å². The molecule has 0 aliphatic carbocycles. The van der Waals surface area contributed by atoms with Crippen LogP contribution in [-0.4, -0.2) is 27.2 Å². The average Bonchev–Trinajstić information content (AvgIpc) is 2.73. The van der Waals surface area contributed by atoms with Gasteiger partial charge in [0.05, 0.1) is 16.9 Å². The summed E-state index contributed by atoms with van der Waals surface area (Å²) in [6.45, 7) is 9.99. The second kappa shape index (κ2) is 7.05. The number of aryl methyl sites for hydroxylation is 2. The first-order valence-electron chi connectivity index (χ1n) is 7.61. The first-order valence-corrected chi connectivity index (χ1v) is 9.58. The predicted molar refractivity (Wildman–Crippen MR) is 98.4 cm³/mol. The molecule has 7 heteroatoms. The Morgan fingerprint density at radius 3 is 2.74 bits per heavy atom. The van der Waals surface area contributed by atoms with Gasteiger partial charge in [-0.1, -0.05) is 6.92 Å². The molecule has 2 aromatic heterocycles. The molecule has 2 aromatic rings. The number of aromatic nitrogens is 2. The second-order valence-corrected chi connectivity index (χ2v) is 8.44. The number of hydrogen-bond acceptors (Lipinski definition) is 5. The van der Waals surface area contributed by atoms with E-state index in [9.17, 15) is 9.59 Å². The van der Waals surface area contributed by atoms with Gasteiger partial charge in [0.25, 0.3) is 5.56 Å². The van der Waals surface area contributed by atoms with Crippen LogP contribution < -0.4 is 10.9 Å². The van der Waals surface area contributed by atoms with Gasteiger partial charge in [-0.25, -0.2) is 4.98 Å². The van der Waals surface area contributed by atoms with Gasteiger partial charge in [0.15, 0.2) is 0 Å². The number of nitrogens with one attached hydrogen (secondary N) is 2. The Hall–Kier alpha value is -1.34. The van der Waals surface area contributed by atoms with Crippen molar-refractivity contribution in [2.24, 2.45) is 0 Å². The number of hydrogen-bond donors (Lipinski definition) is 2. The summed E-state index contributed by atoms with van der Waals surface area (Å²) in [6.07, 6.45) is 0.881. The molecule has 0 radical (unpaired) electrons. The number of thiophene rings is 1. The zero-order valence-electron chi connectivity index (χ0n) is 14.2. The van der Waals surface area contributed by atoms with E-state index >= 15 is 0 Å². The summed E-state index contributed by atoms with van der Waals surface area (Å²) in [5.74, 6) is 1.50. The molecule has 23 heavy (non-hydrogen) atoms. The topological polar surface area (TPSA) is 74.8 Å². The Morgan fingerprint density at radius 2 is 2.09 bits per heavy atom. The molecule has 0 unspecified atom stereocenters. The molecule has 5 nitrogen and oxygen atoms in total. The minimum atomic E-state index is -0.185. The third-order valence-electron chi connectivity index (χ3n) is 3.92. The Morgan fingerprint density at radius 1 is 1.39 bits per heavy atom. The fraction of sp³-hybridized carbons (Fsp3) is 0.562. The van der Waals surface area contributed by atoms with Gasteiger partial charge < -0.3 is 10.3 Å². The van der Waals surface area contributed by atoms with Crippen LogP contribution in [0, 0.1) is 13.8 Å². The highest BCUT2D eigenvalue weighted by molar-refractivity contribution is 7.99. The van der Waals surface area contributed by atoms with Gasteiger partial charge >= 0.3 is 0 Å². The van der Waals surface area contributed by atoms with Gasteiger partial charge in [0.1, 0.15) is 10.7 Å². The standard InChI is InChI=1S/C16H23N3O2S2/c1-6-16(4,5)19-12(20)8-22-7-11-17-14(21)13-9(2)10(3)23-15(13)18-11/h6-8H2,1-5H3,(H,19,20)(H,17,18,21). The van der Waals surface area contributed by atoms with Crippen LogP contribution in [-0.2, 0) is 10.5 Å². The number of carbonyl (C=O) groups excluding carboxylic acids is 1. The van der Waals surface area contributed by atoms with E-state index in [2.05, 4.69) is 15.3 Å². The lowest BCUT2D eigenvalue weighted by Crippen LogP contribution is -2.43. The largest absolute Gasteiger partial charge is 0.351 e. The monoisotopic (exact) mass is 353 g/mol. The average molecular weight is 354 g/mol. The lowest BCUT2D eigenvalue weighted by Gasteiger charge is -2.24. The molecule has 0 saturated carbocycles. The minimum Gasteiger partial charge on any atom is -0.351 e. The highest BCUT2D eigenvalue weighted by Gasteiger charge is 2.17. The summed E-state index contributed by atoms with van der Waals surface area (Å²) in [5, 5.41) is 3.68. The Balaban J connectivity index is 2.01. The van der Waals surface area contributed by atoms with Crippen molar-refractivity contribution in [1.82, 2.24) is 15.3 Å². The summed E-state index contributed by atoms with van der Waals surface area (Å²) in [4.78, 5) is 33.3. The van der Waals surface area contributed by atoms with Crippen LogP contribution in [0.3, 0.4) is 0 Å². The summed E-state index contributed by atoms with van der Waals surface area (Å²) in [5.41, 5.74) is 0.720. The zero-order valence-corrected chi connectivity index (χ0v) is 15.8. The van der Waals surface area contributed by atoms with Crippen molar-refractivity contribution in [3.8, 4) is 0 Å². The summed E-state index contributed by atoms with van der Waals surface area (Å²) >= 11 is 2.99. The SMILES string of the molecule is CCC(C)(C)NC(=O)CSCc1nc2sc(C)c(C)c2c(=O)[nH]1. The summed E-state index contributed by atoms with van der Waals surface area (Å²) in [6, 6.07) is 0. The molecular formula is C16H23N3O2S2. The third kappa shape index (κ3) is 4.35. The zero-order chi connectivity index (χ0) is 17.2. The number of fused-ring (bicyclic) bond motifs is 1. The number of thioether (sulfide) groups is 1. The molecule has 0 aromatic carbocycles. The van der Waals surface area contributed by atoms with Crippen molar-refractivity contribution < 1.29 is 4.79 Å². The van der Waals surface area contributed by atoms with Crippen LogP contribution in [0.1, 0.15) is 43.5 Å². The van der Waals surface area contributed by atoms with Crippen molar-refractivity contribution in [3.05, 3.63) is 26.6 Å². The van der Waals surface area contributed by atoms with Crippen LogP contribution in [0.2, 0.25) is 0 Å². The van der Waals surface area contributed by atoms with Crippen LogP contribution >= 0.6 is 23.1 Å². The van der Waals surface area contributed by atoms with Gasteiger partial charge in [0, 0.05) is 10.4 Å². The number of H-pyrrole nitrogens is 1. The van der Waals surface area contributed by atoms with Crippen LogP contribution in [0.4, 0.5) is 0 Å².